The van der Waals surface area contributed by atoms with Gasteiger partial charge in [0.05, 0.1) is 11.3 Å². The number of pyridine rings is 1. The van der Waals surface area contributed by atoms with E-state index in [1.807, 2.05) is 24.3 Å². The highest BCUT2D eigenvalue weighted by Gasteiger charge is 2.08. The maximum atomic E-state index is 11.9. The van der Waals surface area contributed by atoms with Gasteiger partial charge in [0.1, 0.15) is 0 Å². The van der Waals surface area contributed by atoms with E-state index in [1.54, 1.807) is 12.3 Å². The number of rotatable bonds is 2. The van der Waals surface area contributed by atoms with Crippen LogP contribution in [0.25, 0.3) is 0 Å². The molecule has 1 amide bonds. The Hall–Kier alpha value is -0.950. The number of amides is 1. The van der Waals surface area contributed by atoms with Gasteiger partial charge in [0.15, 0.2) is 0 Å². The van der Waals surface area contributed by atoms with E-state index in [0.29, 0.717) is 5.56 Å². The summed E-state index contributed by atoms with van der Waals surface area (Å²) in [5.41, 5.74) is 1.33. The average molecular weight is 403 g/mol. The predicted molar refractivity (Wildman–Crippen MR) is 79.0 cm³/mol. The fourth-order valence-electron chi connectivity index (χ4n) is 1.29. The summed E-state index contributed by atoms with van der Waals surface area (Å²) in [6.07, 6.45) is 3.18. The molecule has 0 fully saturated rings. The molecule has 0 atom stereocenters. The van der Waals surface area contributed by atoms with Crippen molar-refractivity contribution in [3.63, 3.8) is 0 Å². The van der Waals surface area contributed by atoms with Gasteiger partial charge in [-0.25, -0.2) is 0 Å². The van der Waals surface area contributed by atoms with Crippen LogP contribution in [0.4, 0.5) is 5.69 Å². The summed E-state index contributed by atoms with van der Waals surface area (Å²) in [7, 11) is 0. The summed E-state index contributed by atoms with van der Waals surface area (Å²) in [5.74, 6) is -0.164. The Morgan fingerprint density at radius 3 is 2.76 bits per heavy atom. The van der Waals surface area contributed by atoms with Crippen molar-refractivity contribution in [3.8, 4) is 0 Å². The number of nitrogens with one attached hydrogen (secondary N) is 1. The largest absolute Gasteiger partial charge is 0.321 e. The minimum absolute atomic E-state index is 0.164. The van der Waals surface area contributed by atoms with Crippen LogP contribution in [0.5, 0.6) is 0 Å². The minimum atomic E-state index is -0.164. The lowest BCUT2D eigenvalue weighted by atomic mass is 10.2. The first-order chi connectivity index (χ1) is 8.16. The Kier molecular flexibility index (Phi) is 4.11. The van der Waals surface area contributed by atoms with E-state index in [-0.39, 0.29) is 5.91 Å². The molecule has 1 N–H and O–H groups in total. The highest BCUT2D eigenvalue weighted by atomic mass is 127. The van der Waals surface area contributed by atoms with Gasteiger partial charge >= 0.3 is 0 Å². The van der Waals surface area contributed by atoms with Crippen LogP contribution in [0.15, 0.2) is 47.2 Å². The predicted octanol–water partition coefficient (Wildman–Crippen LogP) is 3.70. The molecule has 0 saturated carbocycles. The minimum Gasteiger partial charge on any atom is -0.321 e. The summed E-state index contributed by atoms with van der Waals surface area (Å²) in [5, 5.41) is 2.85. The van der Waals surface area contributed by atoms with Crippen LogP contribution < -0.4 is 5.32 Å². The van der Waals surface area contributed by atoms with Crippen LogP contribution in [0, 0.1) is 3.57 Å². The Balaban J connectivity index is 2.20. The highest BCUT2D eigenvalue weighted by molar-refractivity contribution is 14.1. The number of benzene rings is 1. The molecule has 86 valence electrons. The molecular weight excluding hydrogens is 395 g/mol. The van der Waals surface area contributed by atoms with Gasteiger partial charge in [-0.15, -0.1) is 0 Å². The molecule has 0 aliphatic rings. The summed E-state index contributed by atoms with van der Waals surface area (Å²) in [4.78, 5) is 15.9. The molecule has 1 aromatic carbocycles. The molecule has 0 aliphatic heterocycles. The fraction of sp³-hybridized carbons (Fsp3) is 0. The molecule has 0 spiro atoms. The monoisotopic (exact) mass is 402 g/mol. The number of para-hydroxylation sites is 1. The molecular formula is C12H8BrIN2O. The van der Waals surface area contributed by atoms with Crippen molar-refractivity contribution in [2.24, 2.45) is 0 Å². The molecule has 5 heteroatoms. The first-order valence-electron chi connectivity index (χ1n) is 4.83. The Bertz CT molecular complexity index is 560. The lowest BCUT2D eigenvalue weighted by Gasteiger charge is -2.06. The van der Waals surface area contributed by atoms with Crippen molar-refractivity contribution < 1.29 is 4.79 Å². The first kappa shape index (κ1) is 12.5. The normalized spacial score (nSPS) is 10.0. The molecule has 0 bridgehead atoms. The van der Waals surface area contributed by atoms with Gasteiger partial charge in [0.2, 0.25) is 0 Å². The van der Waals surface area contributed by atoms with E-state index >= 15 is 0 Å². The molecule has 2 aromatic rings. The third-order valence-corrected chi connectivity index (χ3v) is 3.46. The smallest absolute Gasteiger partial charge is 0.257 e. The van der Waals surface area contributed by atoms with E-state index in [9.17, 15) is 4.79 Å². The quantitative estimate of drug-likeness (QED) is 0.778. The van der Waals surface area contributed by atoms with E-state index in [1.165, 1.54) is 6.20 Å². The average Bonchev–Trinajstić information content (AvgIpc) is 2.32. The lowest BCUT2D eigenvalue weighted by Crippen LogP contribution is -2.12. The standard InChI is InChI=1S/C12H8BrIN2O/c13-9-5-8(6-15-7-9)12(17)16-11-4-2-1-3-10(11)14/h1-7H,(H,16,17). The van der Waals surface area contributed by atoms with E-state index < -0.39 is 0 Å². The van der Waals surface area contributed by atoms with Gasteiger partial charge < -0.3 is 5.32 Å². The van der Waals surface area contributed by atoms with E-state index in [2.05, 4.69) is 48.8 Å². The fourth-order valence-corrected chi connectivity index (χ4v) is 2.18. The second-order valence-electron chi connectivity index (χ2n) is 3.33. The van der Waals surface area contributed by atoms with Gasteiger partial charge in [-0.05, 0) is 56.7 Å². The molecule has 17 heavy (non-hydrogen) atoms. The zero-order chi connectivity index (χ0) is 12.3. The van der Waals surface area contributed by atoms with Crippen molar-refractivity contribution in [3.05, 3.63) is 56.3 Å². The molecule has 1 aromatic heterocycles. The zero-order valence-corrected chi connectivity index (χ0v) is 12.4. The second-order valence-corrected chi connectivity index (χ2v) is 5.40. The number of carbonyl (C=O) groups is 1. The maximum absolute atomic E-state index is 11.9. The van der Waals surface area contributed by atoms with Gasteiger partial charge in [-0.1, -0.05) is 12.1 Å². The van der Waals surface area contributed by atoms with Crippen molar-refractivity contribution in [2.75, 3.05) is 5.32 Å². The number of hydrogen-bond acceptors (Lipinski definition) is 2. The van der Waals surface area contributed by atoms with E-state index in [0.717, 1.165) is 13.7 Å². The third kappa shape index (κ3) is 3.26. The molecule has 0 unspecified atom stereocenters. The number of nitrogens with zero attached hydrogens (tertiary/aromatic N) is 1. The number of aromatic nitrogens is 1. The van der Waals surface area contributed by atoms with Crippen LogP contribution >= 0.6 is 38.5 Å². The van der Waals surface area contributed by atoms with Crippen LogP contribution in [0.2, 0.25) is 0 Å². The Morgan fingerprint density at radius 1 is 1.29 bits per heavy atom. The number of hydrogen-bond donors (Lipinski definition) is 1. The molecule has 0 radical (unpaired) electrons. The molecule has 3 nitrogen and oxygen atoms in total. The Labute approximate surface area is 121 Å². The molecule has 2 rings (SSSR count). The van der Waals surface area contributed by atoms with Gasteiger partial charge in [0, 0.05) is 20.4 Å². The topological polar surface area (TPSA) is 42.0 Å². The Morgan fingerprint density at radius 2 is 2.06 bits per heavy atom. The van der Waals surface area contributed by atoms with Crippen molar-refractivity contribution in [1.82, 2.24) is 4.98 Å². The first-order valence-corrected chi connectivity index (χ1v) is 6.70. The van der Waals surface area contributed by atoms with E-state index in [4.69, 9.17) is 0 Å². The lowest BCUT2D eigenvalue weighted by molar-refractivity contribution is 0.102. The third-order valence-electron chi connectivity index (χ3n) is 2.09. The van der Waals surface area contributed by atoms with Crippen LogP contribution in [-0.4, -0.2) is 10.9 Å². The summed E-state index contributed by atoms with van der Waals surface area (Å²) in [6, 6.07) is 9.35. The molecule has 0 aliphatic carbocycles. The SMILES string of the molecule is O=C(Nc1ccccc1I)c1cncc(Br)c1. The van der Waals surface area contributed by atoms with Gasteiger partial charge in [0.25, 0.3) is 5.91 Å². The molecule has 1 heterocycles. The van der Waals surface area contributed by atoms with Gasteiger partial charge in [-0.3, -0.25) is 9.78 Å². The summed E-state index contributed by atoms with van der Waals surface area (Å²) >= 11 is 5.47. The van der Waals surface area contributed by atoms with Crippen molar-refractivity contribution in [2.45, 2.75) is 0 Å². The maximum Gasteiger partial charge on any atom is 0.257 e. The highest BCUT2D eigenvalue weighted by Crippen LogP contribution is 2.18. The van der Waals surface area contributed by atoms with Crippen LogP contribution in [0.3, 0.4) is 0 Å². The molecule has 0 saturated heterocycles. The van der Waals surface area contributed by atoms with Crippen LogP contribution in [-0.2, 0) is 0 Å². The van der Waals surface area contributed by atoms with Crippen molar-refractivity contribution in [1.29, 1.82) is 0 Å². The number of carbonyl (C=O) groups excluding carboxylic acids is 1. The number of halogens is 2. The van der Waals surface area contributed by atoms with Crippen molar-refractivity contribution >= 4 is 50.1 Å². The summed E-state index contributed by atoms with van der Waals surface area (Å²) < 4.78 is 1.79. The second kappa shape index (κ2) is 5.59. The zero-order valence-electron chi connectivity index (χ0n) is 8.65. The van der Waals surface area contributed by atoms with Gasteiger partial charge in [-0.2, -0.15) is 0 Å². The number of anilines is 1. The van der Waals surface area contributed by atoms with Crippen LogP contribution in [0.1, 0.15) is 10.4 Å². The summed E-state index contributed by atoms with van der Waals surface area (Å²) in [6.45, 7) is 0.